The van der Waals surface area contributed by atoms with Crippen LogP contribution in [0.2, 0.25) is 0 Å². The van der Waals surface area contributed by atoms with Crippen molar-refractivity contribution >= 4 is 21.8 Å². The monoisotopic (exact) mass is 398 g/mol. The van der Waals surface area contributed by atoms with E-state index in [1.807, 2.05) is 48.5 Å². The maximum absolute atomic E-state index is 12.1. The zero-order chi connectivity index (χ0) is 17.9. The molecule has 0 aromatic heterocycles. The fourth-order valence-corrected chi connectivity index (χ4v) is 3.01. The molecule has 1 N–H and O–H groups in total. The van der Waals surface area contributed by atoms with Crippen LogP contribution in [0.5, 0.6) is 5.75 Å². The number of nitrogens with one attached hydrogen (secondary N) is 1. The normalized spacial score (nSPS) is 15.7. The molecule has 3 rings (SSSR count). The van der Waals surface area contributed by atoms with Gasteiger partial charge in [0.15, 0.2) is 6.61 Å². The Balaban J connectivity index is 1.56. The van der Waals surface area contributed by atoms with Crippen molar-refractivity contribution in [2.24, 2.45) is 5.92 Å². The summed E-state index contributed by atoms with van der Waals surface area (Å²) in [5, 5.41) is 12.1. The Labute approximate surface area is 155 Å². The van der Waals surface area contributed by atoms with Gasteiger partial charge >= 0.3 is 0 Å². The maximum Gasteiger partial charge on any atom is 0.259 e. The predicted molar refractivity (Wildman–Crippen MR) is 100.0 cm³/mol. The first-order valence-corrected chi connectivity index (χ1v) is 9.00. The van der Waals surface area contributed by atoms with Gasteiger partial charge in [0.05, 0.1) is 6.07 Å². The molecule has 1 amide bonds. The molecule has 128 valence electrons. The second kappa shape index (κ2) is 7.28. The van der Waals surface area contributed by atoms with Crippen LogP contribution in [0.1, 0.15) is 19.8 Å². The molecule has 0 unspecified atom stereocenters. The molecular weight excluding hydrogens is 380 g/mol. The lowest BCUT2D eigenvalue weighted by molar-refractivity contribution is -0.124. The first kappa shape index (κ1) is 17.5. The number of nitrogens with zero attached hydrogens (tertiary/aromatic N) is 1. The van der Waals surface area contributed by atoms with Gasteiger partial charge in [-0.1, -0.05) is 40.2 Å². The SMILES string of the molecule is C[C@](C#N)(NC(=O)COc1ccc(-c2ccc(Br)cc2)cc1)C1CC1. The van der Waals surface area contributed by atoms with E-state index >= 15 is 0 Å². The number of carbonyl (C=O) groups excluding carboxylic acids is 1. The Morgan fingerprint density at radius 2 is 1.76 bits per heavy atom. The van der Waals surface area contributed by atoms with Crippen LogP contribution < -0.4 is 10.1 Å². The molecule has 0 spiro atoms. The zero-order valence-electron chi connectivity index (χ0n) is 14.0. The molecule has 0 aliphatic heterocycles. The van der Waals surface area contributed by atoms with E-state index in [-0.39, 0.29) is 18.4 Å². The molecule has 25 heavy (non-hydrogen) atoms. The summed E-state index contributed by atoms with van der Waals surface area (Å²) in [4.78, 5) is 12.1. The molecule has 0 radical (unpaired) electrons. The van der Waals surface area contributed by atoms with Gasteiger partial charge in [-0.25, -0.2) is 0 Å². The Morgan fingerprint density at radius 1 is 1.20 bits per heavy atom. The van der Waals surface area contributed by atoms with Gasteiger partial charge in [0.2, 0.25) is 0 Å². The summed E-state index contributed by atoms with van der Waals surface area (Å²) in [6.45, 7) is 1.68. The number of rotatable bonds is 6. The highest BCUT2D eigenvalue weighted by atomic mass is 79.9. The molecule has 1 saturated carbocycles. The number of ether oxygens (including phenoxy) is 1. The number of benzene rings is 2. The topological polar surface area (TPSA) is 62.1 Å². The second-order valence-electron chi connectivity index (χ2n) is 6.46. The molecule has 1 atom stereocenters. The summed E-state index contributed by atoms with van der Waals surface area (Å²) in [6.07, 6.45) is 1.98. The van der Waals surface area contributed by atoms with Gasteiger partial charge < -0.3 is 10.1 Å². The molecule has 0 saturated heterocycles. The van der Waals surface area contributed by atoms with Crippen LogP contribution in [-0.4, -0.2) is 18.1 Å². The standard InChI is InChI=1S/C20H19BrN2O2/c1-20(13-22,16-6-7-16)23-19(24)12-25-18-10-4-15(5-11-18)14-2-8-17(21)9-3-14/h2-5,8-11,16H,6-7,12H2,1H3,(H,23,24)/t20-/m1/s1. The molecule has 1 aliphatic rings. The Hall–Kier alpha value is -2.32. The first-order valence-electron chi connectivity index (χ1n) is 8.21. The van der Waals surface area contributed by atoms with E-state index in [4.69, 9.17) is 4.74 Å². The second-order valence-corrected chi connectivity index (χ2v) is 7.37. The van der Waals surface area contributed by atoms with E-state index in [9.17, 15) is 10.1 Å². The molecule has 4 nitrogen and oxygen atoms in total. The van der Waals surface area contributed by atoms with Crippen LogP contribution in [0.4, 0.5) is 0 Å². The molecule has 1 fully saturated rings. The quantitative estimate of drug-likeness (QED) is 0.788. The summed E-state index contributed by atoms with van der Waals surface area (Å²) >= 11 is 3.42. The van der Waals surface area contributed by atoms with Crippen molar-refractivity contribution in [3.8, 4) is 22.9 Å². The summed E-state index contributed by atoms with van der Waals surface area (Å²) in [7, 11) is 0. The fraction of sp³-hybridized carbons (Fsp3) is 0.300. The molecule has 0 bridgehead atoms. The van der Waals surface area contributed by atoms with E-state index in [0.29, 0.717) is 5.75 Å². The van der Waals surface area contributed by atoms with Crippen molar-refractivity contribution in [2.45, 2.75) is 25.3 Å². The van der Waals surface area contributed by atoms with Gasteiger partial charge in [-0.2, -0.15) is 5.26 Å². The van der Waals surface area contributed by atoms with E-state index in [1.165, 1.54) is 0 Å². The van der Waals surface area contributed by atoms with Gasteiger partial charge in [0, 0.05) is 4.47 Å². The van der Waals surface area contributed by atoms with Gasteiger partial charge in [0.1, 0.15) is 11.3 Å². The van der Waals surface area contributed by atoms with Crippen molar-refractivity contribution in [3.63, 3.8) is 0 Å². The lowest BCUT2D eigenvalue weighted by atomic mass is 9.98. The minimum Gasteiger partial charge on any atom is -0.484 e. The van der Waals surface area contributed by atoms with Gasteiger partial charge in [0.25, 0.3) is 5.91 Å². The number of halogens is 1. The van der Waals surface area contributed by atoms with Gasteiger partial charge in [-0.05, 0) is 61.1 Å². The Kier molecular flexibility index (Phi) is 5.10. The van der Waals surface area contributed by atoms with Crippen LogP contribution in [0.3, 0.4) is 0 Å². The Bertz CT molecular complexity index is 792. The third-order valence-electron chi connectivity index (χ3n) is 4.43. The van der Waals surface area contributed by atoms with Crippen molar-refractivity contribution in [3.05, 3.63) is 53.0 Å². The van der Waals surface area contributed by atoms with Crippen LogP contribution in [0.25, 0.3) is 11.1 Å². The fourth-order valence-electron chi connectivity index (χ4n) is 2.74. The average molecular weight is 399 g/mol. The van der Waals surface area contributed by atoms with Crippen LogP contribution in [0, 0.1) is 17.2 Å². The number of carbonyl (C=O) groups is 1. The average Bonchev–Trinajstić information content (AvgIpc) is 3.47. The van der Waals surface area contributed by atoms with Crippen molar-refractivity contribution in [1.82, 2.24) is 5.32 Å². The third-order valence-corrected chi connectivity index (χ3v) is 4.96. The summed E-state index contributed by atoms with van der Waals surface area (Å²) in [6, 6.07) is 17.9. The minimum absolute atomic E-state index is 0.0956. The molecule has 0 heterocycles. The summed E-state index contributed by atoms with van der Waals surface area (Å²) < 4.78 is 6.58. The summed E-state index contributed by atoms with van der Waals surface area (Å²) in [5.74, 6) is 0.612. The van der Waals surface area contributed by atoms with E-state index < -0.39 is 5.54 Å². The number of hydrogen-bond acceptors (Lipinski definition) is 3. The highest BCUT2D eigenvalue weighted by molar-refractivity contribution is 9.10. The maximum atomic E-state index is 12.1. The first-order chi connectivity index (χ1) is 12.0. The van der Waals surface area contributed by atoms with Gasteiger partial charge in [-0.15, -0.1) is 0 Å². The number of hydrogen-bond donors (Lipinski definition) is 1. The highest BCUT2D eigenvalue weighted by Gasteiger charge is 2.43. The molecule has 2 aromatic carbocycles. The molecular formula is C20H19BrN2O2. The lowest BCUT2D eigenvalue weighted by Crippen LogP contribution is -2.48. The largest absolute Gasteiger partial charge is 0.484 e. The smallest absolute Gasteiger partial charge is 0.259 e. The van der Waals surface area contributed by atoms with Crippen molar-refractivity contribution < 1.29 is 9.53 Å². The Morgan fingerprint density at radius 3 is 2.28 bits per heavy atom. The minimum atomic E-state index is -0.786. The van der Waals surface area contributed by atoms with Crippen LogP contribution >= 0.6 is 15.9 Å². The number of amides is 1. The van der Waals surface area contributed by atoms with E-state index in [0.717, 1.165) is 28.4 Å². The third kappa shape index (κ3) is 4.40. The van der Waals surface area contributed by atoms with Crippen LogP contribution in [0.15, 0.2) is 53.0 Å². The predicted octanol–water partition coefficient (Wildman–Crippen LogP) is 4.30. The molecule has 2 aromatic rings. The van der Waals surface area contributed by atoms with Crippen LogP contribution in [-0.2, 0) is 4.79 Å². The lowest BCUT2D eigenvalue weighted by Gasteiger charge is -2.22. The van der Waals surface area contributed by atoms with Crippen molar-refractivity contribution in [2.75, 3.05) is 6.61 Å². The highest BCUT2D eigenvalue weighted by Crippen LogP contribution is 2.39. The molecule has 1 aliphatic carbocycles. The van der Waals surface area contributed by atoms with Gasteiger partial charge in [-0.3, -0.25) is 4.79 Å². The zero-order valence-corrected chi connectivity index (χ0v) is 15.5. The van der Waals surface area contributed by atoms with Crippen molar-refractivity contribution in [1.29, 1.82) is 5.26 Å². The van der Waals surface area contributed by atoms with E-state index in [1.54, 1.807) is 6.92 Å². The van der Waals surface area contributed by atoms with E-state index in [2.05, 4.69) is 27.3 Å². The number of nitriles is 1. The molecule has 5 heteroatoms. The summed E-state index contributed by atoms with van der Waals surface area (Å²) in [5.41, 5.74) is 1.41.